The maximum Gasteiger partial charge on any atom is 0.123 e. The van der Waals surface area contributed by atoms with E-state index in [9.17, 15) is 4.39 Å². The van der Waals surface area contributed by atoms with Crippen LogP contribution < -0.4 is 5.32 Å². The van der Waals surface area contributed by atoms with Gasteiger partial charge in [-0.05, 0) is 35.9 Å². The molecule has 0 radical (unpaired) electrons. The predicted octanol–water partition coefficient (Wildman–Crippen LogP) is 3.20. The van der Waals surface area contributed by atoms with Gasteiger partial charge in [0.15, 0.2) is 0 Å². The topological polar surface area (TPSA) is 25.2 Å². The number of benzene rings is 1. The molecular weight excluding hydrogens is 205 g/mol. The Balaban J connectivity index is 2.36. The van der Waals surface area contributed by atoms with Crippen LogP contribution in [0.5, 0.6) is 0 Å². The SMILES string of the molecule is CCNCc1cc(F)ccc1-c1ccoc1. The van der Waals surface area contributed by atoms with Gasteiger partial charge in [-0.15, -0.1) is 0 Å². The minimum absolute atomic E-state index is 0.208. The predicted molar refractivity (Wildman–Crippen MR) is 61.5 cm³/mol. The van der Waals surface area contributed by atoms with Crippen molar-refractivity contribution in [3.63, 3.8) is 0 Å². The molecule has 1 N–H and O–H groups in total. The third kappa shape index (κ3) is 2.31. The lowest BCUT2D eigenvalue weighted by Gasteiger charge is -2.08. The standard InChI is InChI=1S/C13H14FNO/c1-2-15-8-11-7-12(14)3-4-13(11)10-5-6-16-9-10/h3-7,9,15H,2,8H2,1H3. The second kappa shape index (κ2) is 4.94. The van der Waals surface area contributed by atoms with Crippen LogP contribution in [0.3, 0.4) is 0 Å². The first-order valence-electron chi connectivity index (χ1n) is 5.33. The van der Waals surface area contributed by atoms with Crippen molar-refractivity contribution >= 4 is 0 Å². The van der Waals surface area contributed by atoms with Crippen LogP contribution >= 0.6 is 0 Å². The maximum atomic E-state index is 13.2. The van der Waals surface area contributed by atoms with Gasteiger partial charge in [0.2, 0.25) is 0 Å². The molecule has 0 amide bonds. The third-order valence-electron chi connectivity index (χ3n) is 2.46. The van der Waals surface area contributed by atoms with Gasteiger partial charge in [-0.25, -0.2) is 4.39 Å². The number of rotatable bonds is 4. The van der Waals surface area contributed by atoms with Crippen molar-refractivity contribution in [3.8, 4) is 11.1 Å². The molecule has 0 bridgehead atoms. The summed E-state index contributed by atoms with van der Waals surface area (Å²) in [5.74, 6) is -0.208. The number of halogens is 1. The molecule has 1 aromatic heterocycles. The summed E-state index contributed by atoms with van der Waals surface area (Å²) in [6.45, 7) is 3.55. The first-order chi connectivity index (χ1) is 7.81. The van der Waals surface area contributed by atoms with E-state index < -0.39 is 0 Å². The molecule has 2 aromatic rings. The highest BCUT2D eigenvalue weighted by Gasteiger charge is 2.07. The van der Waals surface area contributed by atoms with Gasteiger partial charge in [-0.1, -0.05) is 13.0 Å². The highest BCUT2D eigenvalue weighted by molar-refractivity contribution is 5.66. The summed E-state index contributed by atoms with van der Waals surface area (Å²) in [6, 6.07) is 6.69. The van der Waals surface area contributed by atoms with Gasteiger partial charge in [0, 0.05) is 12.1 Å². The molecule has 1 heterocycles. The average molecular weight is 219 g/mol. The Morgan fingerprint density at radius 2 is 2.19 bits per heavy atom. The highest BCUT2D eigenvalue weighted by Crippen LogP contribution is 2.24. The molecule has 16 heavy (non-hydrogen) atoms. The first-order valence-corrected chi connectivity index (χ1v) is 5.33. The lowest BCUT2D eigenvalue weighted by Crippen LogP contribution is -2.12. The molecule has 0 spiro atoms. The van der Waals surface area contributed by atoms with Crippen LogP contribution in [0.15, 0.2) is 41.2 Å². The van der Waals surface area contributed by atoms with Crippen LogP contribution in [0.4, 0.5) is 4.39 Å². The molecule has 84 valence electrons. The van der Waals surface area contributed by atoms with Crippen LogP contribution in [0.1, 0.15) is 12.5 Å². The van der Waals surface area contributed by atoms with Crippen molar-refractivity contribution in [1.82, 2.24) is 5.32 Å². The van der Waals surface area contributed by atoms with Crippen molar-refractivity contribution in [1.29, 1.82) is 0 Å². The zero-order valence-electron chi connectivity index (χ0n) is 9.16. The smallest absolute Gasteiger partial charge is 0.123 e. The van der Waals surface area contributed by atoms with Gasteiger partial charge >= 0.3 is 0 Å². The second-order valence-corrected chi connectivity index (χ2v) is 3.59. The molecular formula is C13H14FNO. The Morgan fingerprint density at radius 3 is 2.88 bits per heavy atom. The normalized spacial score (nSPS) is 10.6. The van der Waals surface area contributed by atoms with Crippen LogP contribution in [0.25, 0.3) is 11.1 Å². The van der Waals surface area contributed by atoms with Crippen LogP contribution in [0, 0.1) is 5.82 Å². The van der Waals surface area contributed by atoms with Gasteiger partial charge < -0.3 is 9.73 Å². The summed E-state index contributed by atoms with van der Waals surface area (Å²) in [4.78, 5) is 0. The van der Waals surface area contributed by atoms with E-state index in [1.54, 1.807) is 24.7 Å². The van der Waals surface area contributed by atoms with Crippen LogP contribution in [-0.4, -0.2) is 6.54 Å². The van der Waals surface area contributed by atoms with E-state index in [0.717, 1.165) is 23.2 Å². The zero-order chi connectivity index (χ0) is 11.4. The monoisotopic (exact) mass is 219 g/mol. The lowest BCUT2D eigenvalue weighted by molar-refractivity contribution is 0.568. The summed E-state index contributed by atoms with van der Waals surface area (Å²) >= 11 is 0. The molecule has 0 fully saturated rings. The molecule has 2 nitrogen and oxygen atoms in total. The largest absolute Gasteiger partial charge is 0.472 e. The van der Waals surface area contributed by atoms with Crippen molar-refractivity contribution in [2.24, 2.45) is 0 Å². The van der Waals surface area contributed by atoms with Crippen LogP contribution in [-0.2, 0) is 6.54 Å². The van der Waals surface area contributed by atoms with E-state index >= 15 is 0 Å². The molecule has 3 heteroatoms. The van der Waals surface area contributed by atoms with Gasteiger partial charge in [-0.2, -0.15) is 0 Å². The average Bonchev–Trinajstić information content (AvgIpc) is 2.80. The number of nitrogens with one attached hydrogen (secondary N) is 1. The minimum Gasteiger partial charge on any atom is -0.472 e. The van der Waals surface area contributed by atoms with Crippen LogP contribution in [0.2, 0.25) is 0 Å². The van der Waals surface area contributed by atoms with E-state index in [1.807, 2.05) is 13.0 Å². The maximum absolute atomic E-state index is 13.2. The number of furan rings is 1. The second-order valence-electron chi connectivity index (χ2n) is 3.59. The molecule has 0 unspecified atom stereocenters. The molecule has 2 rings (SSSR count). The van der Waals surface area contributed by atoms with Gasteiger partial charge in [-0.3, -0.25) is 0 Å². The summed E-state index contributed by atoms with van der Waals surface area (Å²) in [5.41, 5.74) is 2.94. The van der Waals surface area contributed by atoms with E-state index in [1.165, 1.54) is 6.07 Å². The van der Waals surface area contributed by atoms with E-state index in [2.05, 4.69) is 5.32 Å². The van der Waals surface area contributed by atoms with Gasteiger partial charge in [0.05, 0.1) is 12.5 Å². The highest BCUT2D eigenvalue weighted by atomic mass is 19.1. The molecule has 0 atom stereocenters. The fourth-order valence-corrected chi connectivity index (χ4v) is 1.67. The minimum atomic E-state index is -0.208. The lowest BCUT2D eigenvalue weighted by atomic mass is 10.0. The van der Waals surface area contributed by atoms with E-state index in [-0.39, 0.29) is 5.82 Å². The van der Waals surface area contributed by atoms with Crippen molar-refractivity contribution in [3.05, 3.63) is 48.2 Å². The third-order valence-corrected chi connectivity index (χ3v) is 2.46. The molecule has 0 aliphatic carbocycles. The Bertz CT molecular complexity index is 451. The fourth-order valence-electron chi connectivity index (χ4n) is 1.67. The number of hydrogen-bond acceptors (Lipinski definition) is 2. The summed E-state index contributed by atoms with van der Waals surface area (Å²) < 4.78 is 18.2. The van der Waals surface area contributed by atoms with Crippen molar-refractivity contribution < 1.29 is 8.81 Å². The Kier molecular flexibility index (Phi) is 3.37. The van der Waals surface area contributed by atoms with E-state index in [0.29, 0.717) is 6.54 Å². The van der Waals surface area contributed by atoms with Gasteiger partial charge in [0.1, 0.15) is 5.82 Å². The van der Waals surface area contributed by atoms with Gasteiger partial charge in [0.25, 0.3) is 0 Å². The van der Waals surface area contributed by atoms with Crippen molar-refractivity contribution in [2.75, 3.05) is 6.54 Å². The summed E-state index contributed by atoms with van der Waals surface area (Å²) in [5, 5.41) is 3.20. The molecule has 0 saturated heterocycles. The zero-order valence-corrected chi connectivity index (χ0v) is 9.16. The molecule has 0 aliphatic rings. The summed E-state index contributed by atoms with van der Waals surface area (Å²) in [6.07, 6.45) is 3.29. The Labute approximate surface area is 94.1 Å². The molecule has 1 aromatic carbocycles. The molecule has 0 saturated carbocycles. The molecule has 0 aliphatic heterocycles. The Morgan fingerprint density at radius 1 is 1.31 bits per heavy atom. The summed E-state index contributed by atoms with van der Waals surface area (Å²) in [7, 11) is 0. The van der Waals surface area contributed by atoms with E-state index in [4.69, 9.17) is 4.42 Å². The first kappa shape index (κ1) is 10.9. The fraction of sp³-hybridized carbons (Fsp3) is 0.231. The van der Waals surface area contributed by atoms with Crippen molar-refractivity contribution in [2.45, 2.75) is 13.5 Å². The number of hydrogen-bond donors (Lipinski definition) is 1. The Hall–Kier alpha value is -1.61. The quantitative estimate of drug-likeness (QED) is 0.854.